The molecule has 142 valence electrons. The molecule has 0 radical (unpaired) electrons. The van der Waals surface area contributed by atoms with Crippen molar-refractivity contribution >= 4 is 5.91 Å². The number of nitrogens with zero attached hydrogens (tertiary/aromatic N) is 2. The molecule has 0 unspecified atom stereocenters. The van der Waals surface area contributed by atoms with E-state index in [1.165, 1.54) is 63.8 Å². The van der Waals surface area contributed by atoms with Gasteiger partial charge >= 0.3 is 0 Å². The third-order valence-corrected chi connectivity index (χ3v) is 6.31. The molecular formula is C21H31N3O2. The summed E-state index contributed by atoms with van der Waals surface area (Å²) in [6, 6.07) is 8.81. The number of nitrogens with two attached hydrogens (primary N) is 1. The lowest BCUT2D eigenvalue weighted by Crippen LogP contribution is -2.46. The summed E-state index contributed by atoms with van der Waals surface area (Å²) in [6.45, 7) is 5.88. The molecule has 1 amide bonds. The van der Waals surface area contributed by atoms with E-state index in [1.54, 1.807) is 0 Å². The zero-order valence-corrected chi connectivity index (χ0v) is 15.6. The molecule has 3 saturated heterocycles. The first-order chi connectivity index (χ1) is 12.7. The van der Waals surface area contributed by atoms with Gasteiger partial charge in [0.2, 0.25) is 0 Å². The minimum absolute atomic E-state index is 0.0621. The third-order valence-electron chi connectivity index (χ3n) is 6.31. The highest BCUT2D eigenvalue weighted by atomic mass is 16.5. The van der Waals surface area contributed by atoms with E-state index < -0.39 is 5.91 Å². The monoisotopic (exact) mass is 357 g/mol. The minimum atomic E-state index is -0.439. The zero-order valence-electron chi connectivity index (χ0n) is 15.6. The highest BCUT2D eigenvalue weighted by Crippen LogP contribution is 2.33. The molecule has 1 aromatic rings. The number of rotatable bonds is 7. The number of amides is 1. The first kappa shape index (κ1) is 17.8. The molecule has 0 spiro atoms. The maximum Gasteiger partial charge on any atom is 0.255 e. The van der Waals surface area contributed by atoms with Gasteiger partial charge in [-0.15, -0.1) is 0 Å². The topological polar surface area (TPSA) is 58.8 Å². The van der Waals surface area contributed by atoms with Crippen LogP contribution in [-0.4, -0.2) is 54.5 Å². The van der Waals surface area contributed by atoms with Gasteiger partial charge in [-0.3, -0.25) is 14.6 Å². The van der Waals surface area contributed by atoms with Crippen molar-refractivity contribution in [3.8, 4) is 5.75 Å². The Kier molecular flexibility index (Phi) is 5.46. The number of hydrogen-bond acceptors (Lipinski definition) is 4. The van der Waals surface area contributed by atoms with Gasteiger partial charge in [0, 0.05) is 38.8 Å². The Balaban J connectivity index is 1.36. The SMILES string of the molecule is NC(=O)COc1cccc(CN2C[C@H]3CC[C@@H](C2)N(CC2CCC2)C3)c1. The number of carbonyl (C=O) groups is 1. The summed E-state index contributed by atoms with van der Waals surface area (Å²) in [7, 11) is 0. The second-order valence-electron chi connectivity index (χ2n) is 8.44. The minimum Gasteiger partial charge on any atom is -0.484 e. The van der Waals surface area contributed by atoms with E-state index in [0.717, 1.165) is 30.2 Å². The summed E-state index contributed by atoms with van der Waals surface area (Å²) in [5.74, 6) is 2.06. The fourth-order valence-electron chi connectivity index (χ4n) is 4.78. The largest absolute Gasteiger partial charge is 0.484 e. The lowest BCUT2D eigenvalue weighted by Gasteiger charge is -2.40. The third kappa shape index (κ3) is 4.38. The second-order valence-corrected chi connectivity index (χ2v) is 8.44. The van der Waals surface area contributed by atoms with Gasteiger partial charge in [0.1, 0.15) is 5.75 Å². The highest BCUT2D eigenvalue weighted by molar-refractivity contribution is 5.75. The maximum absolute atomic E-state index is 10.9. The first-order valence-corrected chi connectivity index (χ1v) is 10.1. The normalized spacial score (nSPS) is 27.1. The summed E-state index contributed by atoms with van der Waals surface area (Å²) in [5.41, 5.74) is 6.42. The van der Waals surface area contributed by atoms with E-state index in [4.69, 9.17) is 10.5 Å². The van der Waals surface area contributed by atoms with Crippen LogP contribution in [0.3, 0.4) is 0 Å². The predicted octanol–water partition coefficient (Wildman–Crippen LogP) is 2.25. The van der Waals surface area contributed by atoms with Crippen molar-refractivity contribution in [2.24, 2.45) is 17.6 Å². The molecule has 3 heterocycles. The van der Waals surface area contributed by atoms with Gasteiger partial charge in [0.25, 0.3) is 5.91 Å². The van der Waals surface area contributed by atoms with Gasteiger partial charge in [-0.05, 0) is 55.2 Å². The predicted molar refractivity (Wildman–Crippen MR) is 102 cm³/mol. The fraction of sp³-hybridized carbons (Fsp3) is 0.667. The average molecular weight is 357 g/mol. The van der Waals surface area contributed by atoms with Gasteiger partial charge in [-0.25, -0.2) is 0 Å². The van der Waals surface area contributed by atoms with Crippen LogP contribution in [0.1, 0.15) is 37.7 Å². The highest BCUT2D eigenvalue weighted by Gasteiger charge is 2.36. The second kappa shape index (κ2) is 7.97. The summed E-state index contributed by atoms with van der Waals surface area (Å²) < 4.78 is 5.45. The number of ether oxygens (including phenoxy) is 1. The molecule has 2 atom stereocenters. The molecule has 4 fully saturated rings. The zero-order chi connectivity index (χ0) is 17.9. The van der Waals surface area contributed by atoms with E-state index in [2.05, 4.69) is 15.9 Å². The van der Waals surface area contributed by atoms with Crippen molar-refractivity contribution in [2.75, 3.05) is 32.8 Å². The van der Waals surface area contributed by atoms with Crippen molar-refractivity contribution in [3.05, 3.63) is 29.8 Å². The summed E-state index contributed by atoms with van der Waals surface area (Å²) in [4.78, 5) is 16.3. The van der Waals surface area contributed by atoms with Crippen molar-refractivity contribution in [1.82, 2.24) is 9.80 Å². The summed E-state index contributed by atoms with van der Waals surface area (Å²) >= 11 is 0. The van der Waals surface area contributed by atoms with Gasteiger partial charge in [-0.1, -0.05) is 18.6 Å². The molecule has 5 rings (SSSR count). The van der Waals surface area contributed by atoms with Crippen LogP contribution in [0.2, 0.25) is 0 Å². The molecule has 1 aliphatic carbocycles. The molecule has 5 heteroatoms. The van der Waals surface area contributed by atoms with E-state index in [-0.39, 0.29) is 6.61 Å². The number of fused-ring (bicyclic) bond motifs is 4. The van der Waals surface area contributed by atoms with E-state index in [1.807, 2.05) is 18.2 Å². The quantitative estimate of drug-likeness (QED) is 0.813. The van der Waals surface area contributed by atoms with E-state index >= 15 is 0 Å². The molecule has 4 aliphatic rings. The molecule has 5 nitrogen and oxygen atoms in total. The van der Waals surface area contributed by atoms with Crippen molar-refractivity contribution in [1.29, 1.82) is 0 Å². The Bertz CT molecular complexity index is 631. The summed E-state index contributed by atoms with van der Waals surface area (Å²) in [5, 5.41) is 0. The molecular weight excluding hydrogens is 326 g/mol. The number of hydrogen-bond donors (Lipinski definition) is 1. The van der Waals surface area contributed by atoms with Crippen LogP contribution in [0.25, 0.3) is 0 Å². The van der Waals surface area contributed by atoms with Crippen molar-refractivity contribution < 1.29 is 9.53 Å². The van der Waals surface area contributed by atoms with Crippen LogP contribution >= 0.6 is 0 Å². The Morgan fingerprint density at radius 2 is 2.04 bits per heavy atom. The molecule has 1 aromatic carbocycles. The Hall–Kier alpha value is -1.59. The standard InChI is InChI=1S/C21H31N3O2/c22-21(25)15-26-20-6-2-5-17(9-20)10-23-11-18-7-8-19(14-23)24(13-18)12-16-3-1-4-16/h2,5-6,9,16,18-19H,1,3-4,7-8,10-15H2,(H2,22,25)/t18-,19+/m1/s1. The fourth-order valence-corrected chi connectivity index (χ4v) is 4.78. The molecule has 3 aliphatic heterocycles. The molecule has 0 aromatic heterocycles. The summed E-state index contributed by atoms with van der Waals surface area (Å²) in [6.07, 6.45) is 7.05. The first-order valence-electron chi connectivity index (χ1n) is 10.1. The lowest BCUT2D eigenvalue weighted by atomic mass is 9.83. The van der Waals surface area contributed by atoms with Gasteiger partial charge in [-0.2, -0.15) is 0 Å². The van der Waals surface area contributed by atoms with E-state index in [0.29, 0.717) is 0 Å². The Morgan fingerprint density at radius 3 is 2.81 bits per heavy atom. The molecule has 2 N–H and O–H groups in total. The van der Waals surface area contributed by atoms with Crippen molar-refractivity contribution in [3.63, 3.8) is 0 Å². The maximum atomic E-state index is 10.9. The average Bonchev–Trinajstić information content (AvgIpc) is 2.87. The van der Waals surface area contributed by atoms with Crippen LogP contribution in [0, 0.1) is 11.8 Å². The lowest BCUT2D eigenvalue weighted by molar-refractivity contribution is -0.119. The van der Waals surface area contributed by atoms with Crippen LogP contribution in [0.4, 0.5) is 0 Å². The van der Waals surface area contributed by atoms with Crippen LogP contribution < -0.4 is 10.5 Å². The number of carbonyl (C=O) groups excluding carboxylic acids is 1. The van der Waals surface area contributed by atoms with Crippen LogP contribution in [0.5, 0.6) is 5.75 Å². The molecule has 26 heavy (non-hydrogen) atoms. The van der Waals surface area contributed by atoms with Crippen LogP contribution in [0.15, 0.2) is 24.3 Å². The van der Waals surface area contributed by atoms with Gasteiger partial charge in [0.15, 0.2) is 6.61 Å². The number of primary amides is 1. The molecule has 1 saturated carbocycles. The van der Waals surface area contributed by atoms with Gasteiger partial charge < -0.3 is 10.5 Å². The number of benzene rings is 1. The smallest absolute Gasteiger partial charge is 0.255 e. The van der Waals surface area contributed by atoms with Crippen LogP contribution in [-0.2, 0) is 11.3 Å². The van der Waals surface area contributed by atoms with Gasteiger partial charge in [0.05, 0.1) is 0 Å². The molecule has 2 bridgehead atoms. The van der Waals surface area contributed by atoms with E-state index in [9.17, 15) is 4.79 Å². The number of piperidine rings is 1. The Morgan fingerprint density at radius 1 is 1.15 bits per heavy atom. The van der Waals surface area contributed by atoms with Crippen molar-refractivity contribution in [2.45, 2.75) is 44.7 Å². The Labute approximate surface area is 156 Å².